The molecule has 0 aliphatic rings. The first-order chi connectivity index (χ1) is 14.6. The van der Waals surface area contributed by atoms with Gasteiger partial charge < -0.3 is 4.90 Å². The lowest BCUT2D eigenvalue weighted by Gasteiger charge is -2.17. The number of aryl methyl sites for hydroxylation is 2. The maximum Gasteiger partial charge on any atom is 0.338 e. The summed E-state index contributed by atoms with van der Waals surface area (Å²) in [5.41, 5.74) is 2.48. The molecule has 2 heterocycles. The Morgan fingerprint density at radius 2 is 1.70 bits per heavy atom. The molecule has 0 atom stereocenters. The summed E-state index contributed by atoms with van der Waals surface area (Å²) in [5, 5.41) is 0. The molecule has 0 aliphatic carbocycles. The maximum absolute atomic E-state index is 13.0. The summed E-state index contributed by atoms with van der Waals surface area (Å²) < 4.78 is 2.53. The largest absolute Gasteiger partial charge is 0.338 e. The molecule has 0 aliphatic heterocycles. The monoisotopic (exact) mass is 401 g/mol. The molecule has 0 unspecified atom stereocenters. The number of imidazole rings is 1. The summed E-state index contributed by atoms with van der Waals surface area (Å²) in [7, 11) is 3.32. The van der Waals surface area contributed by atoms with Crippen LogP contribution in [0.5, 0.6) is 0 Å². The number of benzene rings is 2. The molecule has 2 aromatic carbocycles. The van der Waals surface area contributed by atoms with Gasteiger partial charge in [0.2, 0.25) is 0 Å². The molecular formula is C23H23N5O2. The predicted octanol–water partition coefficient (Wildman–Crippen LogP) is 3.33. The molecule has 4 rings (SSSR count). The van der Waals surface area contributed by atoms with E-state index < -0.39 is 5.69 Å². The van der Waals surface area contributed by atoms with Gasteiger partial charge in [0.1, 0.15) is 5.52 Å². The average molecular weight is 401 g/mol. The third kappa shape index (κ3) is 3.74. The van der Waals surface area contributed by atoms with Crippen molar-refractivity contribution >= 4 is 17.2 Å². The van der Waals surface area contributed by atoms with Gasteiger partial charge in [-0.1, -0.05) is 60.7 Å². The van der Waals surface area contributed by atoms with Gasteiger partial charge in [0.25, 0.3) is 0 Å². The second-order valence-corrected chi connectivity index (χ2v) is 7.24. The Labute approximate surface area is 174 Å². The summed E-state index contributed by atoms with van der Waals surface area (Å²) in [6.45, 7) is 0.541. The minimum atomic E-state index is -0.426. The van der Waals surface area contributed by atoms with Crippen molar-refractivity contribution in [3.05, 3.63) is 82.9 Å². The Bertz CT molecular complexity index is 1230. The third-order valence-corrected chi connectivity index (χ3v) is 5.14. The number of rotatable bonds is 5. The Kier molecular flexibility index (Phi) is 5.43. The minimum Gasteiger partial charge on any atom is -0.327 e. The van der Waals surface area contributed by atoms with Crippen molar-refractivity contribution in [2.45, 2.75) is 12.8 Å². The topological polar surface area (TPSA) is 73.0 Å². The van der Waals surface area contributed by atoms with Crippen LogP contribution in [0.25, 0.3) is 22.6 Å². The SMILES string of the molecule is CN(CCCc1ccccc1)C(=O)n1c(=O)n(C)c2nc(-c3ccccc3)ncc21. The summed E-state index contributed by atoms with van der Waals surface area (Å²) in [6.07, 6.45) is 3.22. The highest BCUT2D eigenvalue weighted by atomic mass is 16.2. The summed E-state index contributed by atoms with van der Waals surface area (Å²) in [4.78, 5) is 36.3. The highest BCUT2D eigenvalue weighted by Crippen LogP contribution is 2.17. The standard InChI is InChI=1S/C23H23N5O2/c1-26(15-9-12-17-10-5-3-6-11-17)22(29)28-19-16-24-20(18-13-7-4-8-14-18)25-21(19)27(2)23(28)30/h3-8,10-11,13-14,16H,9,12,15H2,1-2H3. The first-order valence-electron chi connectivity index (χ1n) is 9.85. The molecule has 0 spiro atoms. The Morgan fingerprint density at radius 3 is 2.40 bits per heavy atom. The van der Waals surface area contributed by atoms with Crippen molar-refractivity contribution in [1.29, 1.82) is 0 Å². The number of aromatic nitrogens is 4. The van der Waals surface area contributed by atoms with E-state index in [9.17, 15) is 9.59 Å². The molecule has 30 heavy (non-hydrogen) atoms. The van der Waals surface area contributed by atoms with Gasteiger partial charge >= 0.3 is 11.7 Å². The van der Waals surface area contributed by atoms with Crippen LogP contribution < -0.4 is 5.69 Å². The van der Waals surface area contributed by atoms with Gasteiger partial charge in [-0.25, -0.2) is 24.1 Å². The molecule has 7 nitrogen and oxygen atoms in total. The number of carbonyl (C=O) groups is 1. The van der Waals surface area contributed by atoms with Crippen LogP contribution in [-0.4, -0.2) is 43.6 Å². The van der Waals surface area contributed by atoms with Crippen LogP contribution in [0.2, 0.25) is 0 Å². The molecule has 0 radical (unpaired) electrons. The first kappa shape index (κ1) is 19.6. The smallest absolute Gasteiger partial charge is 0.327 e. The van der Waals surface area contributed by atoms with Crippen LogP contribution in [0.1, 0.15) is 12.0 Å². The summed E-state index contributed by atoms with van der Waals surface area (Å²) in [6, 6.07) is 19.3. The van der Waals surface area contributed by atoms with Crippen LogP contribution in [0.4, 0.5) is 4.79 Å². The van der Waals surface area contributed by atoms with Gasteiger partial charge in [0.05, 0.1) is 6.20 Å². The van der Waals surface area contributed by atoms with Crippen LogP contribution >= 0.6 is 0 Å². The number of hydrogen-bond donors (Lipinski definition) is 0. The van der Waals surface area contributed by atoms with Crippen molar-refractivity contribution in [2.24, 2.45) is 7.05 Å². The molecule has 0 fully saturated rings. The predicted molar refractivity (Wildman–Crippen MR) is 116 cm³/mol. The fourth-order valence-corrected chi connectivity index (χ4v) is 3.46. The maximum atomic E-state index is 13.0. The van der Waals surface area contributed by atoms with Gasteiger partial charge in [-0.3, -0.25) is 4.57 Å². The van der Waals surface area contributed by atoms with E-state index in [4.69, 9.17) is 0 Å². The molecule has 4 aromatic rings. The van der Waals surface area contributed by atoms with Crippen LogP contribution in [-0.2, 0) is 13.5 Å². The lowest BCUT2D eigenvalue weighted by atomic mass is 10.1. The van der Waals surface area contributed by atoms with E-state index >= 15 is 0 Å². The molecule has 0 saturated heterocycles. The molecule has 0 N–H and O–H groups in total. The van der Waals surface area contributed by atoms with Crippen molar-refractivity contribution in [3.8, 4) is 11.4 Å². The summed E-state index contributed by atoms with van der Waals surface area (Å²) >= 11 is 0. The second kappa shape index (κ2) is 8.32. The van der Waals surface area contributed by atoms with E-state index in [-0.39, 0.29) is 6.03 Å². The van der Waals surface area contributed by atoms with Crippen LogP contribution in [0.15, 0.2) is 71.7 Å². The number of hydrogen-bond acceptors (Lipinski definition) is 4. The zero-order valence-corrected chi connectivity index (χ0v) is 17.0. The number of amides is 1. The number of carbonyl (C=O) groups excluding carboxylic acids is 1. The number of fused-ring (bicyclic) bond motifs is 1. The van der Waals surface area contributed by atoms with Gasteiger partial charge in [0, 0.05) is 26.2 Å². The van der Waals surface area contributed by atoms with Gasteiger partial charge in [-0.2, -0.15) is 0 Å². The fourth-order valence-electron chi connectivity index (χ4n) is 3.46. The van der Waals surface area contributed by atoms with Crippen molar-refractivity contribution in [2.75, 3.05) is 13.6 Å². The quantitative estimate of drug-likeness (QED) is 0.514. The summed E-state index contributed by atoms with van der Waals surface area (Å²) in [5.74, 6) is 0.513. The third-order valence-electron chi connectivity index (χ3n) is 5.14. The zero-order valence-electron chi connectivity index (χ0n) is 17.0. The van der Waals surface area contributed by atoms with Crippen molar-refractivity contribution in [1.82, 2.24) is 24.0 Å². The van der Waals surface area contributed by atoms with Crippen LogP contribution in [0, 0.1) is 0 Å². The zero-order chi connectivity index (χ0) is 21.1. The van der Waals surface area contributed by atoms with E-state index in [1.54, 1.807) is 25.2 Å². The molecule has 7 heteroatoms. The number of nitrogens with zero attached hydrogens (tertiary/aromatic N) is 5. The first-order valence-corrected chi connectivity index (χ1v) is 9.85. The Balaban J connectivity index is 1.58. The molecule has 0 saturated carbocycles. The van der Waals surface area contributed by atoms with E-state index in [0.29, 0.717) is 23.5 Å². The highest BCUT2D eigenvalue weighted by molar-refractivity contribution is 5.88. The fraction of sp³-hybridized carbons (Fsp3) is 0.217. The van der Waals surface area contributed by atoms with Crippen molar-refractivity contribution in [3.63, 3.8) is 0 Å². The second-order valence-electron chi connectivity index (χ2n) is 7.24. The van der Waals surface area contributed by atoms with E-state index in [1.165, 1.54) is 10.1 Å². The minimum absolute atomic E-state index is 0.380. The van der Waals surface area contributed by atoms with Gasteiger partial charge in [0.15, 0.2) is 11.5 Å². The highest BCUT2D eigenvalue weighted by Gasteiger charge is 2.21. The normalized spacial score (nSPS) is 11.0. The molecule has 0 bridgehead atoms. The Hall–Kier alpha value is -3.74. The Morgan fingerprint density at radius 1 is 1.03 bits per heavy atom. The van der Waals surface area contributed by atoms with Gasteiger partial charge in [-0.15, -0.1) is 0 Å². The van der Waals surface area contributed by atoms with Gasteiger partial charge in [-0.05, 0) is 18.4 Å². The molecule has 2 aromatic heterocycles. The van der Waals surface area contributed by atoms with E-state index in [0.717, 1.165) is 23.0 Å². The lowest BCUT2D eigenvalue weighted by molar-refractivity contribution is 0.210. The van der Waals surface area contributed by atoms with E-state index in [1.807, 2.05) is 48.5 Å². The molecule has 1 amide bonds. The molecule has 152 valence electrons. The average Bonchev–Trinajstić information content (AvgIpc) is 3.04. The lowest BCUT2D eigenvalue weighted by Crippen LogP contribution is -2.38. The molecular weight excluding hydrogens is 378 g/mol. The van der Waals surface area contributed by atoms with E-state index in [2.05, 4.69) is 22.1 Å². The van der Waals surface area contributed by atoms with Crippen LogP contribution in [0.3, 0.4) is 0 Å². The van der Waals surface area contributed by atoms with Crippen molar-refractivity contribution < 1.29 is 4.79 Å².